The summed E-state index contributed by atoms with van der Waals surface area (Å²) in [4.78, 5) is 3.75. The molecule has 2 aromatic rings. The molecule has 2 rings (SSSR count). The number of benzene rings is 1. The van der Waals surface area contributed by atoms with Gasteiger partial charge in [0.15, 0.2) is 0 Å². The van der Waals surface area contributed by atoms with Gasteiger partial charge < -0.3 is 5.73 Å². The standard InChI is InChI=1S/C12H9F5N2/c13-11(14,12(15,16)17)10(18)9-6-5-7-3-1-2-4-8(7)19-9/h1-6,10H,18H2/t10-/m0/s1. The number of alkyl halides is 5. The molecular weight excluding hydrogens is 267 g/mol. The second-order valence-electron chi connectivity index (χ2n) is 4.03. The molecule has 1 aromatic carbocycles. The van der Waals surface area contributed by atoms with Crippen molar-refractivity contribution in [1.29, 1.82) is 0 Å². The van der Waals surface area contributed by atoms with Gasteiger partial charge in [0.05, 0.1) is 11.2 Å². The van der Waals surface area contributed by atoms with Crippen molar-refractivity contribution in [2.45, 2.75) is 18.1 Å². The van der Waals surface area contributed by atoms with Crippen LogP contribution in [0.15, 0.2) is 36.4 Å². The zero-order chi connectivity index (χ0) is 14.3. The van der Waals surface area contributed by atoms with E-state index in [0.29, 0.717) is 10.9 Å². The Labute approximate surface area is 105 Å². The van der Waals surface area contributed by atoms with Crippen molar-refractivity contribution < 1.29 is 22.0 Å². The summed E-state index contributed by atoms with van der Waals surface area (Å²) in [6.45, 7) is 0. The fraction of sp³-hybridized carbons (Fsp3) is 0.250. The van der Waals surface area contributed by atoms with E-state index in [9.17, 15) is 22.0 Å². The number of nitrogens with two attached hydrogens (primary N) is 1. The molecule has 7 heteroatoms. The van der Waals surface area contributed by atoms with E-state index in [1.54, 1.807) is 18.2 Å². The van der Waals surface area contributed by atoms with Crippen LogP contribution in [0.5, 0.6) is 0 Å². The first-order valence-electron chi connectivity index (χ1n) is 5.29. The molecule has 2 nitrogen and oxygen atoms in total. The largest absolute Gasteiger partial charge is 0.455 e. The van der Waals surface area contributed by atoms with Gasteiger partial charge in [-0.25, -0.2) is 0 Å². The first-order valence-corrected chi connectivity index (χ1v) is 5.29. The minimum Gasteiger partial charge on any atom is -0.317 e. The number of rotatable bonds is 2. The van der Waals surface area contributed by atoms with Crippen molar-refractivity contribution in [2.75, 3.05) is 0 Å². The second kappa shape index (κ2) is 4.41. The van der Waals surface area contributed by atoms with E-state index in [1.807, 2.05) is 0 Å². The highest BCUT2D eigenvalue weighted by atomic mass is 19.4. The zero-order valence-corrected chi connectivity index (χ0v) is 9.46. The van der Waals surface area contributed by atoms with Gasteiger partial charge in [0.1, 0.15) is 6.04 Å². The summed E-state index contributed by atoms with van der Waals surface area (Å²) < 4.78 is 62.9. The molecule has 0 amide bonds. The molecule has 19 heavy (non-hydrogen) atoms. The molecule has 1 aromatic heterocycles. The summed E-state index contributed by atoms with van der Waals surface area (Å²) >= 11 is 0. The molecule has 102 valence electrons. The lowest BCUT2D eigenvalue weighted by molar-refractivity contribution is -0.291. The van der Waals surface area contributed by atoms with Gasteiger partial charge >= 0.3 is 12.1 Å². The highest BCUT2D eigenvalue weighted by Gasteiger charge is 2.62. The Bertz CT molecular complexity index is 594. The minimum absolute atomic E-state index is 0.313. The number of hydrogen-bond acceptors (Lipinski definition) is 2. The normalized spacial score (nSPS) is 14.6. The van der Waals surface area contributed by atoms with Gasteiger partial charge in [-0.15, -0.1) is 0 Å². The third-order valence-electron chi connectivity index (χ3n) is 2.71. The highest BCUT2D eigenvalue weighted by molar-refractivity contribution is 5.78. The van der Waals surface area contributed by atoms with Crippen LogP contribution in [0.25, 0.3) is 10.9 Å². The van der Waals surface area contributed by atoms with E-state index in [2.05, 4.69) is 4.98 Å². The summed E-state index contributed by atoms with van der Waals surface area (Å²) in [5.74, 6) is -5.03. The van der Waals surface area contributed by atoms with Crippen LogP contribution in [0.4, 0.5) is 22.0 Å². The number of fused-ring (bicyclic) bond motifs is 1. The molecule has 0 radical (unpaired) electrons. The smallest absolute Gasteiger partial charge is 0.317 e. The number of nitrogens with zero attached hydrogens (tertiary/aromatic N) is 1. The van der Waals surface area contributed by atoms with E-state index in [-0.39, 0.29) is 0 Å². The molecule has 0 unspecified atom stereocenters. The molecule has 1 atom stereocenters. The van der Waals surface area contributed by atoms with Gasteiger partial charge in [-0.1, -0.05) is 24.3 Å². The van der Waals surface area contributed by atoms with Gasteiger partial charge in [0.25, 0.3) is 0 Å². The quantitative estimate of drug-likeness (QED) is 0.853. The van der Waals surface area contributed by atoms with Crippen molar-refractivity contribution in [3.8, 4) is 0 Å². The Morgan fingerprint density at radius 2 is 1.58 bits per heavy atom. The molecule has 0 aliphatic rings. The van der Waals surface area contributed by atoms with Gasteiger partial charge in [-0.3, -0.25) is 4.98 Å². The molecule has 0 saturated carbocycles. The van der Waals surface area contributed by atoms with E-state index in [0.717, 1.165) is 6.07 Å². The maximum atomic E-state index is 13.1. The lowest BCUT2D eigenvalue weighted by Gasteiger charge is -2.25. The van der Waals surface area contributed by atoms with Gasteiger partial charge in [-0.2, -0.15) is 22.0 Å². The zero-order valence-electron chi connectivity index (χ0n) is 9.46. The lowest BCUT2D eigenvalue weighted by atomic mass is 10.1. The maximum Gasteiger partial charge on any atom is 0.455 e. The van der Waals surface area contributed by atoms with E-state index in [4.69, 9.17) is 5.73 Å². The van der Waals surface area contributed by atoms with E-state index in [1.165, 1.54) is 12.1 Å². The predicted octanol–water partition coefficient (Wildman–Crippen LogP) is 3.43. The summed E-state index contributed by atoms with van der Waals surface area (Å²) in [6.07, 6.45) is -5.71. The fourth-order valence-corrected chi connectivity index (χ4v) is 1.62. The molecule has 0 aliphatic carbocycles. The van der Waals surface area contributed by atoms with Crippen molar-refractivity contribution in [3.05, 3.63) is 42.1 Å². The molecular formula is C12H9F5N2. The van der Waals surface area contributed by atoms with Crippen LogP contribution in [0.2, 0.25) is 0 Å². The third-order valence-corrected chi connectivity index (χ3v) is 2.71. The van der Waals surface area contributed by atoms with Crippen molar-refractivity contribution in [2.24, 2.45) is 5.73 Å². The monoisotopic (exact) mass is 276 g/mol. The van der Waals surface area contributed by atoms with Crippen LogP contribution >= 0.6 is 0 Å². The number of pyridine rings is 1. The van der Waals surface area contributed by atoms with E-state index >= 15 is 0 Å². The Morgan fingerprint density at radius 3 is 2.21 bits per heavy atom. The van der Waals surface area contributed by atoms with Crippen molar-refractivity contribution in [1.82, 2.24) is 4.98 Å². The average Bonchev–Trinajstić information content (AvgIpc) is 2.36. The van der Waals surface area contributed by atoms with Crippen molar-refractivity contribution in [3.63, 3.8) is 0 Å². The van der Waals surface area contributed by atoms with Crippen LogP contribution in [0.3, 0.4) is 0 Å². The molecule has 0 spiro atoms. The van der Waals surface area contributed by atoms with E-state index < -0.39 is 23.8 Å². The van der Waals surface area contributed by atoms with Crippen LogP contribution in [-0.2, 0) is 0 Å². The molecule has 0 fully saturated rings. The lowest BCUT2D eigenvalue weighted by Crippen LogP contribution is -2.46. The topological polar surface area (TPSA) is 38.9 Å². The fourth-order valence-electron chi connectivity index (χ4n) is 1.62. The third kappa shape index (κ3) is 2.37. The summed E-state index contributed by atoms with van der Waals surface area (Å²) in [6, 6.07) is 6.44. The Balaban J connectivity index is 2.44. The van der Waals surface area contributed by atoms with Crippen LogP contribution in [0, 0.1) is 0 Å². The Morgan fingerprint density at radius 1 is 0.947 bits per heavy atom. The predicted molar refractivity (Wildman–Crippen MR) is 59.7 cm³/mol. The molecule has 1 heterocycles. The summed E-state index contributed by atoms with van der Waals surface area (Å²) in [7, 11) is 0. The molecule has 0 aliphatic heterocycles. The van der Waals surface area contributed by atoms with Gasteiger partial charge in [0.2, 0.25) is 0 Å². The average molecular weight is 276 g/mol. The number of hydrogen-bond donors (Lipinski definition) is 1. The molecule has 2 N–H and O–H groups in total. The SMILES string of the molecule is N[C@@H](c1ccc2ccccc2n1)C(F)(F)C(F)(F)F. The highest BCUT2D eigenvalue weighted by Crippen LogP contribution is 2.42. The number of halogens is 5. The number of para-hydroxylation sites is 1. The van der Waals surface area contributed by atoms with Crippen LogP contribution < -0.4 is 5.73 Å². The minimum atomic E-state index is -5.71. The van der Waals surface area contributed by atoms with Gasteiger partial charge in [-0.05, 0) is 12.1 Å². The van der Waals surface area contributed by atoms with Crippen LogP contribution in [0.1, 0.15) is 11.7 Å². The Hall–Kier alpha value is -1.76. The van der Waals surface area contributed by atoms with Crippen LogP contribution in [-0.4, -0.2) is 17.1 Å². The number of aromatic nitrogens is 1. The summed E-state index contributed by atoms with van der Waals surface area (Å²) in [5, 5.41) is 0.633. The first-order chi connectivity index (χ1) is 8.73. The summed E-state index contributed by atoms with van der Waals surface area (Å²) in [5.41, 5.74) is 4.83. The Kier molecular flexibility index (Phi) is 3.17. The first kappa shape index (κ1) is 13.7. The van der Waals surface area contributed by atoms with Crippen molar-refractivity contribution >= 4 is 10.9 Å². The maximum absolute atomic E-state index is 13.1. The molecule has 0 saturated heterocycles. The molecule has 0 bridgehead atoms. The van der Waals surface area contributed by atoms with Gasteiger partial charge in [0, 0.05) is 5.39 Å². The second-order valence-corrected chi connectivity index (χ2v) is 4.03.